The Balaban J connectivity index is 1.25. The molecule has 8 heteroatoms. The van der Waals surface area contributed by atoms with E-state index < -0.39 is 0 Å². The lowest BCUT2D eigenvalue weighted by Gasteiger charge is -2.46. The third-order valence-electron chi connectivity index (χ3n) is 7.69. The zero-order valence-corrected chi connectivity index (χ0v) is 21.3. The van der Waals surface area contributed by atoms with Crippen molar-refractivity contribution in [3.05, 3.63) is 64.7 Å². The Bertz CT molecular complexity index is 1190. The number of carbonyl (C=O) groups excluding carboxylic acids is 2. The summed E-state index contributed by atoms with van der Waals surface area (Å²) in [4.78, 5) is 29.3. The molecule has 3 atom stereocenters. The predicted molar refractivity (Wildman–Crippen MR) is 142 cm³/mol. The molecule has 0 bridgehead atoms. The summed E-state index contributed by atoms with van der Waals surface area (Å²) in [7, 11) is 0. The molecule has 0 spiro atoms. The van der Waals surface area contributed by atoms with Gasteiger partial charge < -0.3 is 20.7 Å². The van der Waals surface area contributed by atoms with Crippen LogP contribution in [0.15, 0.2) is 59.1 Å². The van der Waals surface area contributed by atoms with E-state index in [0.29, 0.717) is 4.91 Å². The quantitative estimate of drug-likeness (QED) is 0.532. The average Bonchev–Trinajstić information content (AvgIpc) is 3.26. The number of ether oxygens (including phenoxy) is 1. The molecular weight excluding hydrogens is 472 g/mol. The van der Waals surface area contributed by atoms with Gasteiger partial charge in [-0.15, -0.1) is 0 Å². The largest absolute Gasteiger partial charge is 0.457 e. The fraction of sp³-hybridized carbons (Fsp3) is 0.429. The van der Waals surface area contributed by atoms with Crippen LogP contribution in [-0.4, -0.2) is 35.9 Å². The van der Waals surface area contributed by atoms with Crippen molar-refractivity contribution in [2.75, 3.05) is 11.4 Å². The highest BCUT2D eigenvalue weighted by molar-refractivity contribution is 8.04. The summed E-state index contributed by atoms with van der Waals surface area (Å²) in [6.07, 6.45) is 6.48. The molecule has 3 amide bonds. The number of hydrogen-bond acceptors (Lipinski definition) is 5. The van der Waals surface area contributed by atoms with E-state index in [1.807, 2.05) is 60.4 Å². The summed E-state index contributed by atoms with van der Waals surface area (Å²) in [5.74, 6) is 1.53. The molecule has 2 aromatic rings. The van der Waals surface area contributed by atoms with Crippen molar-refractivity contribution in [3.8, 4) is 11.5 Å². The maximum atomic E-state index is 13.5. The first kappa shape index (κ1) is 23.4. The van der Waals surface area contributed by atoms with Gasteiger partial charge in [0.1, 0.15) is 11.5 Å². The van der Waals surface area contributed by atoms with Gasteiger partial charge in [0.25, 0.3) is 5.91 Å². The third-order valence-corrected chi connectivity index (χ3v) is 9.05. The van der Waals surface area contributed by atoms with Crippen molar-refractivity contribution < 1.29 is 14.3 Å². The number of rotatable bonds is 5. The first-order valence-corrected chi connectivity index (χ1v) is 13.9. The van der Waals surface area contributed by atoms with E-state index in [4.69, 9.17) is 4.74 Å². The molecule has 2 aromatic carbocycles. The fourth-order valence-corrected chi connectivity index (χ4v) is 7.39. The van der Waals surface area contributed by atoms with E-state index in [-0.39, 0.29) is 35.3 Å². The summed E-state index contributed by atoms with van der Waals surface area (Å²) < 4.78 is 6.00. The minimum atomic E-state index is -0.169. The number of anilines is 1. The zero-order valence-electron chi connectivity index (χ0n) is 20.5. The molecule has 7 nitrogen and oxygen atoms in total. The minimum absolute atomic E-state index is 0.00734. The third kappa shape index (κ3) is 4.37. The number of para-hydroxylation sites is 1. The summed E-state index contributed by atoms with van der Waals surface area (Å²) in [5, 5.41) is 10.0. The first-order chi connectivity index (χ1) is 17.6. The summed E-state index contributed by atoms with van der Waals surface area (Å²) in [6.45, 7) is 2.82. The smallest absolute Gasteiger partial charge is 0.326 e. The van der Waals surface area contributed by atoms with Crippen molar-refractivity contribution in [2.45, 2.75) is 62.9 Å². The van der Waals surface area contributed by atoms with Crippen molar-refractivity contribution in [2.24, 2.45) is 5.92 Å². The Hall–Kier alpha value is -2.97. The van der Waals surface area contributed by atoms with Gasteiger partial charge >= 0.3 is 6.03 Å². The molecule has 3 aliphatic heterocycles. The molecule has 36 heavy (non-hydrogen) atoms. The Morgan fingerprint density at radius 1 is 1.06 bits per heavy atom. The maximum Gasteiger partial charge on any atom is 0.326 e. The molecule has 3 fully saturated rings. The number of hydrogen-bond donors (Lipinski definition) is 3. The molecule has 0 radical (unpaired) electrons. The van der Waals surface area contributed by atoms with Gasteiger partial charge in [-0.25, -0.2) is 4.79 Å². The number of amides is 3. The standard InChI is InChI=1S/C28H32N4O3S/c1-17-16-20(35-19-10-6-3-7-11-19)12-13-21(17)32-22-14-15-29-27-23(22)24(31-28(32)34)25(36-27)26(33)30-18-8-4-2-5-9-18/h3,6-7,10-13,16,18,22-23,27,29H,2,4-5,8-9,14-15H2,1H3,(H,30,33)(H,31,34). The van der Waals surface area contributed by atoms with Gasteiger partial charge in [0.2, 0.25) is 0 Å². The van der Waals surface area contributed by atoms with Crippen LogP contribution < -0.4 is 25.6 Å². The molecule has 3 N–H and O–H groups in total. The van der Waals surface area contributed by atoms with Crippen molar-refractivity contribution in [1.29, 1.82) is 0 Å². The number of carbonyl (C=O) groups is 2. The lowest BCUT2D eigenvalue weighted by molar-refractivity contribution is -0.117. The Kier molecular flexibility index (Phi) is 6.39. The van der Waals surface area contributed by atoms with Crippen molar-refractivity contribution >= 4 is 29.4 Å². The average molecular weight is 505 g/mol. The van der Waals surface area contributed by atoms with E-state index in [1.165, 1.54) is 19.3 Å². The first-order valence-electron chi connectivity index (χ1n) is 13.0. The van der Waals surface area contributed by atoms with E-state index in [0.717, 1.165) is 54.3 Å². The number of nitrogens with one attached hydrogen (secondary N) is 3. The monoisotopic (exact) mass is 504 g/mol. The maximum absolute atomic E-state index is 13.5. The highest BCUT2D eigenvalue weighted by atomic mass is 32.2. The van der Waals surface area contributed by atoms with Gasteiger partial charge in [0.15, 0.2) is 0 Å². The van der Waals surface area contributed by atoms with Crippen LogP contribution in [0.3, 0.4) is 0 Å². The normalized spacial score (nSPS) is 25.9. The number of thioether (sulfide) groups is 1. The van der Waals surface area contributed by atoms with Crippen LogP contribution in [0.5, 0.6) is 11.5 Å². The Morgan fingerprint density at radius 2 is 1.86 bits per heavy atom. The second-order valence-corrected chi connectivity index (χ2v) is 11.2. The van der Waals surface area contributed by atoms with Crippen LogP contribution in [0.1, 0.15) is 44.1 Å². The molecule has 4 aliphatic rings. The zero-order chi connectivity index (χ0) is 24.6. The number of urea groups is 1. The van der Waals surface area contributed by atoms with E-state index in [1.54, 1.807) is 11.8 Å². The van der Waals surface area contributed by atoms with Gasteiger partial charge in [-0.05, 0) is 68.6 Å². The fourth-order valence-electron chi connectivity index (χ4n) is 5.99. The molecule has 6 rings (SSSR count). The summed E-state index contributed by atoms with van der Waals surface area (Å²) in [6, 6.07) is 15.6. The highest BCUT2D eigenvalue weighted by Gasteiger charge is 2.52. The molecule has 188 valence electrons. The molecular formula is C28H32N4O3S. The van der Waals surface area contributed by atoms with Crippen LogP contribution in [0, 0.1) is 12.8 Å². The second kappa shape index (κ2) is 9.82. The molecule has 3 unspecified atom stereocenters. The van der Waals surface area contributed by atoms with Gasteiger partial charge in [0.05, 0.1) is 16.3 Å². The molecule has 3 heterocycles. The summed E-state index contributed by atoms with van der Waals surface area (Å²) >= 11 is 1.57. The van der Waals surface area contributed by atoms with Gasteiger partial charge in [-0.2, -0.15) is 0 Å². The SMILES string of the molecule is Cc1cc(Oc2ccccc2)ccc1N1C(=O)NC2=C(C(=O)NC3CCCCC3)SC3NCCC1C23. The number of benzene rings is 2. The minimum Gasteiger partial charge on any atom is -0.457 e. The Labute approximate surface area is 216 Å². The number of piperidine rings is 1. The van der Waals surface area contributed by atoms with Gasteiger partial charge in [0, 0.05) is 23.3 Å². The molecule has 1 saturated carbocycles. The van der Waals surface area contributed by atoms with E-state index in [2.05, 4.69) is 16.0 Å². The van der Waals surface area contributed by atoms with Crippen molar-refractivity contribution in [1.82, 2.24) is 16.0 Å². The molecule has 2 saturated heterocycles. The second-order valence-electron chi connectivity index (χ2n) is 10.1. The predicted octanol–water partition coefficient (Wildman–Crippen LogP) is 5.03. The van der Waals surface area contributed by atoms with Crippen LogP contribution >= 0.6 is 11.8 Å². The summed E-state index contributed by atoms with van der Waals surface area (Å²) in [5.41, 5.74) is 2.64. The number of nitrogens with zero attached hydrogens (tertiary/aromatic N) is 1. The Morgan fingerprint density at radius 3 is 2.64 bits per heavy atom. The van der Waals surface area contributed by atoms with E-state index in [9.17, 15) is 9.59 Å². The topological polar surface area (TPSA) is 82.7 Å². The van der Waals surface area contributed by atoms with Gasteiger partial charge in [-0.1, -0.05) is 49.2 Å². The van der Waals surface area contributed by atoms with Crippen LogP contribution in [0.4, 0.5) is 10.5 Å². The molecule has 0 aromatic heterocycles. The van der Waals surface area contributed by atoms with Crippen molar-refractivity contribution in [3.63, 3.8) is 0 Å². The highest BCUT2D eigenvalue weighted by Crippen LogP contribution is 2.48. The number of aryl methyl sites for hydroxylation is 1. The molecule has 1 aliphatic carbocycles. The van der Waals surface area contributed by atoms with Crippen LogP contribution in [0.25, 0.3) is 0 Å². The van der Waals surface area contributed by atoms with E-state index >= 15 is 0 Å². The lowest BCUT2D eigenvalue weighted by Crippen LogP contribution is -2.62. The van der Waals surface area contributed by atoms with Crippen LogP contribution in [-0.2, 0) is 4.79 Å². The van der Waals surface area contributed by atoms with Gasteiger partial charge in [-0.3, -0.25) is 9.69 Å². The lowest BCUT2D eigenvalue weighted by atomic mass is 9.86. The van der Waals surface area contributed by atoms with Crippen LogP contribution in [0.2, 0.25) is 0 Å².